The van der Waals surface area contributed by atoms with Crippen molar-refractivity contribution in [2.45, 2.75) is 4.90 Å². The summed E-state index contributed by atoms with van der Waals surface area (Å²) in [5.41, 5.74) is 0. The van der Waals surface area contributed by atoms with E-state index in [-0.39, 0.29) is 10.8 Å². The Morgan fingerprint density at radius 1 is 1.40 bits per heavy atom. The molecule has 0 aliphatic heterocycles. The number of halogens is 1. The fourth-order valence-corrected chi connectivity index (χ4v) is 1.12. The normalized spacial score (nSPS) is 9.80. The standard InChI is InChI=1S/C6H5ClO2S/c7-6-4(8)2-1-3-5(6)10-9/h1-3,8-9H. The molecule has 0 atom stereocenters. The van der Waals surface area contributed by atoms with Gasteiger partial charge in [0.15, 0.2) is 0 Å². The van der Waals surface area contributed by atoms with Gasteiger partial charge in [-0.2, -0.15) is 0 Å². The minimum Gasteiger partial charge on any atom is -0.506 e. The van der Waals surface area contributed by atoms with Gasteiger partial charge >= 0.3 is 0 Å². The van der Waals surface area contributed by atoms with Crippen LogP contribution < -0.4 is 0 Å². The van der Waals surface area contributed by atoms with E-state index in [1.807, 2.05) is 0 Å². The molecule has 0 spiro atoms. The third kappa shape index (κ3) is 1.37. The molecule has 2 N–H and O–H groups in total. The highest BCUT2D eigenvalue weighted by atomic mass is 35.5. The highest BCUT2D eigenvalue weighted by Crippen LogP contribution is 2.31. The van der Waals surface area contributed by atoms with Crippen LogP contribution >= 0.6 is 23.6 Å². The molecule has 0 aliphatic carbocycles. The first kappa shape index (κ1) is 7.72. The van der Waals surface area contributed by atoms with Gasteiger partial charge in [0.25, 0.3) is 0 Å². The van der Waals surface area contributed by atoms with Crippen LogP contribution in [0, 0.1) is 0 Å². The molecule has 0 fully saturated rings. The summed E-state index contributed by atoms with van der Waals surface area (Å²) in [6.07, 6.45) is 0. The molecule has 0 aliphatic rings. The second-order valence-electron chi connectivity index (χ2n) is 1.68. The molecule has 1 aromatic carbocycles. The van der Waals surface area contributed by atoms with Gasteiger partial charge in [-0.15, -0.1) is 0 Å². The predicted molar refractivity (Wildman–Crippen MR) is 41.6 cm³/mol. The highest BCUT2D eigenvalue weighted by molar-refractivity contribution is 7.93. The summed E-state index contributed by atoms with van der Waals surface area (Å²) in [4.78, 5) is 0.460. The van der Waals surface area contributed by atoms with Crippen molar-refractivity contribution in [2.75, 3.05) is 0 Å². The molecule has 0 radical (unpaired) electrons. The Balaban J connectivity index is 3.14. The number of phenols is 1. The summed E-state index contributed by atoms with van der Waals surface area (Å²) in [7, 11) is 0. The lowest BCUT2D eigenvalue weighted by atomic mass is 10.3. The Bertz CT molecular complexity index is 239. The van der Waals surface area contributed by atoms with Gasteiger partial charge < -0.3 is 9.66 Å². The van der Waals surface area contributed by atoms with Gasteiger partial charge in [-0.05, 0) is 12.1 Å². The highest BCUT2D eigenvalue weighted by Gasteiger charge is 2.02. The lowest BCUT2D eigenvalue weighted by Gasteiger charge is -1.98. The van der Waals surface area contributed by atoms with Crippen molar-refractivity contribution in [1.29, 1.82) is 0 Å². The summed E-state index contributed by atoms with van der Waals surface area (Å²) in [5, 5.41) is 9.16. The fourth-order valence-electron chi connectivity index (χ4n) is 0.570. The number of hydrogen-bond acceptors (Lipinski definition) is 3. The van der Waals surface area contributed by atoms with Crippen molar-refractivity contribution in [2.24, 2.45) is 0 Å². The number of phenolic OH excluding ortho intramolecular Hbond substituents is 1. The SMILES string of the molecule is OSc1cccc(O)c1Cl. The van der Waals surface area contributed by atoms with Gasteiger partial charge in [0.05, 0.1) is 9.92 Å². The topological polar surface area (TPSA) is 40.5 Å². The third-order valence-corrected chi connectivity index (χ3v) is 2.09. The van der Waals surface area contributed by atoms with E-state index >= 15 is 0 Å². The molecule has 54 valence electrons. The van der Waals surface area contributed by atoms with Gasteiger partial charge in [-0.3, -0.25) is 0 Å². The van der Waals surface area contributed by atoms with E-state index in [0.29, 0.717) is 16.9 Å². The first-order valence-electron chi connectivity index (χ1n) is 2.54. The Morgan fingerprint density at radius 2 is 2.10 bits per heavy atom. The molecule has 0 bridgehead atoms. The zero-order valence-corrected chi connectivity index (χ0v) is 6.49. The molecule has 0 aromatic heterocycles. The van der Waals surface area contributed by atoms with Gasteiger partial charge in [-0.1, -0.05) is 17.7 Å². The molecule has 1 aromatic rings. The summed E-state index contributed by atoms with van der Waals surface area (Å²) < 4.78 is 8.56. The minimum atomic E-state index is -0.0132. The van der Waals surface area contributed by atoms with Crippen LogP contribution in [-0.4, -0.2) is 9.66 Å². The van der Waals surface area contributed by atoms with E-state index < -0.39 is 0 Å². The van der Waals surface area contributed by atoms with Crippen molar-refractivity contribution in [3.63, 3.8) is 0 Å². The van der Waals surface area contributed by atoms with Crippen LogP contribution in [0.5, 0.6) is 5.75 Å². The zero-order chi connectivity index (χ0) is 7.56. The largest absolute Gasteiger partial charge is 0.506 e. The summed E-state index contributed by atoms with van der Waals surface area (Å²) in [5.74, 6) is -0.0132. The number of aromatic hydroxyl groups is 1. The van der Waals surface area contributed by atoms with Crippen molar-refractivity contribution in [3.8, 4) is 5.75 Å². The van der Waals surface area contributed by atoms with Crippen molar-refractivity contribution >= 4 is 23.6 Å². The maximum atomic E-state index is 8.97. The first-order valence-corrected chi connectivity index (χ1v) is 3.69. The van der Waals surface area contributed by atoms with Crippen molar-refractivity contribution in [1.82, 2.24) is 0 Å². The second-order valence-corrected chi connectivity index (χ2v) is 2.68. The Morgan fingerprint density at radius 3 is 2.60 bits per heavy atom. The van der Waals surface area contributed by atoms with Gasteiger partial charge in [0, 0.05) is 12.0 Å². The lowest BCUT2D eigenvalue weighted by Crippen LogP contribution is -1.72. The molecule has 4 heteroatoms. The maximum absolute atomic E-state index is 8.97. The third-order valence-electron chi connectivity index (χ3n) is 1.04. The van der Waals surface area contributed by atoms with Gasteiger partial charge in [0.2, 0.25) is 0 Å². The van der Waals surface area contributed by atoms with E-state index in [1.54, 1.807) is 12.1 Å². The van der Waals surface area contributed by atoms with Gasteiger partial charge in [0.1, 0.15) is 5.75 Å². The van der Waals surface area contributed by atoms with Crippen LogP contribution in [0.3, 0.4) is 0 Å². The smallest absolute Gasteiger partial charge is 0.135 e. The van der Waals surface area contributed by atoms with Crippen LogP contribution in [0.4, 0.5) is 0 Å². The lowest BCUT2D eigenvalue weighted by molar-refractivity contribution is 0.474. The number of benzene rings is 1. The monoisotopic (exact) mass is 176 g/mol. The molecular formula is C6H5ClO2S. The first-order chi connectivity index (χ1) is 4.75. The van der Waals surface area contributed by atoms with Crippen LogP contribution in [0.25, 0.3) is 0 Å². The predicted octanol–water partition coefficient (Wildman–Crippen LogP) is 2.61. The van der Waals surface area contributed by atoms with Crippen LogP contribution in [0.15, 0.2) is 23.1 Å². The Kier molecular flexibility index (Phi) is 2.43. The molecule has 0 saturated heterocycles. The number of rotatable bonds is 1. The van der Waals surface area contributed by atoms with Crippen molar-refractivity contribution in [3.05, 3.63) is 23.2 Å². The van der Waals surface area contributed by atoms with E-state index in [1.165, 1.54) is 6.07 Å². The summed E-state index contributed by atoms with van der Waals surface area (Å²) >= 11 is 6.08. The quantitative estimate of drug-likeness (QED) is 0.647. The molecule has 10 heavy (non-hydrogen) atoms. The average Bonchev–Trinajstić information content (AvgIpc) is 1.95. The Labute approximate surface area is 67.7 Å². The number of hydrogen-bond donors (Lipinski definition) is 2. The molecule has 1 rings (SSSR count). The Hall–Kier alpha value is -0.380. The summed E-state index contributed by atoms with van der Waals surface area (Å²) in [6.45, 7) is 0. The molecule has 0 unspecified atom stereocenters. The van der Waals surface area contributed by atoms with Gasteiger partial charge in [-0.25, -0.2) is 0 Å². The van der Waals surface area contributed by atoms with Crippen LogP contribution in [0.1, 0.15) is 0 Å². The summed E-state index contributed by atoms with van der Waals surface area (Å²) in [6, 6.07) is 4.69. The van der Waals surface area contributed by atoms with E-state index in [2.05, 4.69) is 0 Å². The molecular weight excluding hydrogens is 172 g/mol. The maximum Gasteiger partial charge on any atom is 0.135 e. The molecule has 0 heterocycles. The zero-order valence-electron chi connectivity index (χ0n) is 4.91. The van der Waals surface area contributed by atoms with Crippen LogP contribution in [0.2, 0.25) is 5.02 Å². The second kappa shape index (κ2) is 3.14. The van der Waals surface area contributed by atoms with Crippen molar-refractivity contribution < 1.29 is 9.66 Å². The van der Waals surface area contributed by atoms with E-state index in [4.69, 9.17) is 21.3 Å². The fraction of sp³-hybridized carbons (Fsp3) is 0. The van der Waals surface area contributed by atoms with Crippen LogP contribution in [-0.2, 0) is 0 Å². The molecule has 0 saturated carbocycles. The van der Waals surface area contributed by atoms with E-state index in [9.17, 15) is 0 Å². The van der Waals surface area contributed by atoms with E-state index in [0.717, 1.165) is 0 Å². The average molecular weight is 177 g/mol. The minimum absolute atomic E-state index is 0.0132. The molecule has 0 amide bonds. The molecule has 2 nitrogen and oxygen atoms in total.